The lowest BCUT2D eigenvalue weighted by Crippen LogP contribution is -2.01. The Balaban J connectivity index is 2.40. The Bertz CT molecular complexity index is 561. The van der Waals surface area contributed by atoms with Gasteiger partial charge < -0.3 is 9.84 Å². The van der Waals surface area contributed by atoms with Crippen LogP contribution in [0.5, 0.6) is 5.75 Å². The minimum Gasteiger partial charge on any atom is -0.497 e. The first-order chi connectivity index (χ1) is 9.02. The van der Waals surface area contributed by atoms with Crippen LogP contribution in [0.15, 0.2) is 40.9 Å². The summed E-state index contributed by atoms with van der Waals surface area (Å²) in [5.74, 6) is 0.726. The van der Waals surface area contributed by atoms with E-state index in [2.05, 4.69) is 15.9 Å². The van der Waals surface area contributed by atoms with Crippen molar-refractivity contribution in [2.24, 2.45) is 0 Å². The van der Waals surface area contributed by atoms with Crippen LogP contribution in [0, 0.1) is 0 Å². The summed E-state index contributed by atoms with van der Waals surface area (Å²) in [7, 11) is 1.59. The molecule has 0 saturated heterocycles. The Labute approximate surface area is 130 Å². The van der Waals surface area contributed by atoms with Crippen LogP contribution >= 0.6 is 39.1 Å². The number of methoxy groups -OCH3 is 1. The van der Waals surface area contributed by atoms with Gasteiger partial charge in [0.15, 0.2) is 0 Å². The highest BCUT2D eigenvalue weighted by Gasteiger charge is 2.18. The largest absolute Gasteiger partial charge is 0.497 e. The van der Waals surface area contributed by atoms with Crippen molar-refractivity contribution in [2.45, 2.75) is 6.10 Å². The van der Waals surface area contributed by atoms with Gasteiger partial charge in [0, 0.05) is 20.1 Å². The SMILES string of the molecule is COc1ccc(C(O)c2c(Cl)cc(Br)cc2Cl)cc1. The molecule has 0 aliphatic heterocycles. The highest BCUT2D eigenvalue weighted by molar-refractivity contribution is 9.10. The van der Waals surface area contributed by atoms with Crippen molar-refractivity contribution in [1.29, 1.82) is 0 Å². The molecule has 0 bridgehead atoms. The number of aliphatic hydroxyl groups excluding tert-OH is 1. The van der Waals surface area contributed by atoms with E-state index >= 15 is 0 Å². The van der Waals surface area contributed by atoms with Crippen LogP contribution in [0.3, 0.4) is 0 Å². The van der Waals surface area contributed by atoms with Gasteiger partial charge in [0.05, 0.1) is 7.11 Å². The first kappa shape index (κ1) is 14.7. The van der Waals surface area contributed by atoms with E-state index in [0.717, 1.165) is 10.2 Å². The molecule has 1 unspecified atom stereocenters. The Morgan fingerprint density at radius 3 is 2.11 bits per heavy atom. The van der Waals surface area contributed by atoms with Crippen molar-refractivity contribution in [3.8, 4) is 5.75 Å². The molecule has 0 saturated carbocycles. The van der Waals surface area contributed by atoms with Crippen molar-refractivity contribution in [3.63, 3.8) is 0 Å². The number of rotatable bonds is 3. The molecule has 0 aliphatic carbocycles. The molecule has 2 aromatic rings. The van der Waals surface area contributed by atoms with E-state index in [9.17, 15) is 5.11 Å². The summed E-state index contributed by atoms with van der Waals surface area (Å²) >= 11 is 15.6. The number of aliphatic hydroxyl groups is 1. The minimum absolute atomic E-state index is 0.419. The van der Waals surface area contributed by atoms with Gasteiger partial charge >= 0.3 is 0 Å². The lowest BCUT2D eigenvalue weighted by atomic mass is 10.0. The second-order valence-corrected chi connectivity index (χ2v) is 5.69. The third kappa shape index (κ3) is 3.23. The van der Waals surface area contributed by atoms with E-state index in [1.54, 1.807) is 43.5 Å². The summed E-state index contributed by atoms with van der Waals surface area (Å²) in [6.07, 6.45) is -0.876. The second kappa shape index (κ2) is 6.14. The molecule has 0 heterocycles. The number of hydrogen-bond donors (Lipinski definition) is 1. The summed E-state index contributed by atoms with van der Waals surface area (Å²) < 4.78 is 5.85. The highest BCUT2D eigenvalue weighted by Crippen LogP contribution is 2.36. The fourth-order valence-electron chi connectivity index (χ4n) is 1.77. The van der Waals surface area contributed by atoms with Crippen molar-refractivity contribution >= 4 is 39.1 Å². The molecule has 0 aromatic heterocycles. The average molecular weight is 362 g/mol. The quantitative estimate of drug-likeness (QED) is 0.846. The maximum atomic E-state index is 10.4. The van der Waals surface area contributed by atoms with E-state index in [0.29, 0.717) is 21.2 Å². The van der Waals surface area contributed by atoms with Gasteiger partial charge in [0.1, 0.15) is 11.9 Å². The minimum atomic E-state index is -0.876. The molecule has 2 aromatic carbocycles. The molecule has 2 rings (SSSR count). The van der Waals surface area contributed by atoms with Gasteiger partial charge in [-0.25, -0.2) is 0 Å². The number of hydrogen-bond acceptors (Lipinski definition) is 2. The van der Waals surface area contributed by atoms with Crippen molar-refractivity contribution in [1.82, 2.24) is 0 Å². The van der Waals surface area contributed by atoms with Gasteiger partial charge in [-0.15, -0.1) is 0 Å². The van der Waals surface area contributed by atoms with Crippen molar-refractivity contribution < 1.29 is 9.84 Å². The average Bonchev–Trinajstić information content (AvgIpc) is 2.37. The maximum Gasteiger partial charge on any atom is 0.118 e. The van der Waals surface area contributed by atoms with E-state index < -0.39 is 6.10 Å². The van der Waals surface area contributed by atoms with E-state index in [1.807, 2.05) is 0 Å². The molecule has 1 atom stereocenters. The summed E-state index contributed by atoms with van der Waals surface area (Å²) in [5, 5.41) is 11.2. The van der Waals surface area contributed by atoms with Crippen LogP contribution in [0.2, 0.25) is 10.0 Å². The molecule has 19 heavy (non-hydrogen) atoms. The summed E-state index contributed by atoms with van der Waals surface area (Å²) in [4.78, 5) is 0. The molecule has 0 radical (unpaired) electrons. The first-order valence-electron chi connectivity index (χ1n) is 5.49. The van der Waals surface area contributed by atoms with E-state index in [4.69, 9.17) is 27.9 Å². The summed E-state index contributed by atoms with van der Waals surface area (Å²) in [6, 6.07) is 10.5. The number of halogens is 3. The topological polar surface area (TPSA) is 29.5 Å². The predicted molar refractivity (Wildman–Crippen MR) is 81.2 cm³/mol. The third-order valence-corrected chi connectivity index (χ3v) is 3.83. The maximum absolute atomic E-state index is 10.4. The zero-order valence-electron chi connectivity index (χ0n) is 10.0. The fraction of sp³-hybridized carbons (Fsp3) is 0.143. The van der Waals surface area contributed by atoms with Gasteiger partial charge in [0.2, 0.25) is 0 Å². The number of benzene rings is 2. The van der Waals surface area contributed by atoms with Crippen molar-refractivity contribution in [2.75, 3.05) is 7.11 Å². The van der Waals surface area contributed by atoms with Crippen molar-refractivity contribution in [3.05, 3.63) is 62.0 Å². The molecule has 0 aliphatic rings. The van der Waals surface area contributed by atoms with Gasteiger partial charge in [-0.1, -0.05) is 51.3 Å². The molecule has 0 spiro atoms. The first-order valence-corrected chi connectivity index (χ1v) is 7.04. The van der Waals surface area contributed by atoms with Gasteiger partial charge in [-0.05, 0) is 29.8 Å². The zero-order valence-corrected chi connectivity index (χ0v) is 13.1. The van der Waals surface area contributed by atoms with E-state index in [-0.39, 0.29) is 0 Å². The van der Waals surface area contributed by atoms with Gasteiger partial charge in [-0.2, -0.15) is 0 Å². The van der Waals surface area contributed by atoms with Crippen LogP contribution in [-0.2, 0) is 0 Å². The molecule has 2 nitrogen and oxygen atoms in total. The molecule has 0 amide bonds. The van der Waals surface area contributed by atoms with Crippen LogP contribution in [0.25, 0.3) is 0 Å². The Morgan fingerprint density at radius 1 is 1.11 bits per heavy atom. The molecular formula is C14H11BrCl2O2. The zero-order chi connectivity index (χ0) is 14.0. The van der Waals surface area contributed by atoms with Crippen LogP contribution in [0.4, 0.5) is 0 Å². The second-order valence-electron chi connectivity index (χ2n) is 3.96. The van der Waals surface area contributed by atoms with Gasteiger partial charge in [0.25, 0.3) is 0 Å². The van der Waals surface area contributed by atoms with Gasteiger partial charge in [-0.3, -0.25) is 0 Å². The van der Waals surface area contributed by atoms with Crippen LogP contribution in [0.1, 0.15) is 17.2 Å². The third-order valence-electron chi connectivity index (χ3n) is 2.75. The Kier molecular flexibility index (Phi) is 4.74. The normalized spacial score (nSPS) is 12.3. The Hall–Kier alpha value is -0.740. The summed E-state index contributed by atoms with van der Waals surface area (Å²) in [6.45, 7) is 0. The lowest BCUT2D eigenvalue weighted by molar-refractivity contribution is 0.220. The smallest absolute Gasteiger partial charge is 0.118 e. The number of ether oxygens (including phenoxy) is 1. The fourth-order valence-corrected chi connectivity index (χ4v) is 3.18. The standard InChI is InChI=1S/C14H11BrCl2O2/c1-19-10-4-2-8(3-5-10)14(18)13-11(16)6-9(15)7-12(13)17/h2-7,14,18H,1H3. The van der Waals surface area contributed by atoms with Crippen LogP contribution < -0.4 is 4.74 Å². The van der Waals surface area contributed by atoms with Crippen LogP contribution in [-0.4, -0.2) is 12.2 Å². The Morgan fingerprint density at radius 2 is 1.63 bits per heavy atom. The molecular weight excluding hydrogens is 351 g/mol. The summed E-state index contributed by atoms with van der Waals surface area (Å²) in [5.41, 5.74) is 1.20. The predicted octanol–water partition coefficient (Wildman–Crippen LogP) is 4.85. The highest BCUT2D eigenvalue weighted by atomic mass is 79.9. The van der Waals surface area contributed by atoms with E-state index in [1.165, 1.54) is 0 Å². The molecule has 5 heteroatoms. The molecule has 100 valence electrons. The monoisotopic (exact) mass is 360 g/mol. The molecule has 1 N–H and O–H groups in total. The molecule has 0 fully saturated rings. The lowest BCUT2D eigenvalue weighted by Gasteiger charge is -2.15.